The minimum atomic E-state index is -0.243. The molecule has 0 aliphatic rings. The van der Waals surface area contributed by atoms with Crippen molar-refractivity contribution >= 4 is 0 Å². The lowest BCUT2D eigenvalue weighted by Gasteiger charge is -2.13. The third-order valence-corrected chi connectivity index (χ3v) is 2.24. The first kappa shape index (κ1) is 14.4. The summed E-state index contributed by atoms with van der Waals surface area (Å²) in [6.45, 7) is 4.12. The Morgan fingerprint density at radius 2 is 1.80 bits per heavy atom. The molecule has 0 atom stereocenters. The maximum atomic E-state index is 8.68. The molecular weight excluding hydrogens is 192 g/mol. The molecule has 0 aliphatic carbocycles. The monoisotopic (exact) mass is 214 g/mol. The number of rotatable bonds is 7. The summed E-state index contributed by atoms with van der Waals surface area (Å²) in [6.07, 6.45) is 5.59. The molecule has 0 spiro atoms. The minimum absolute atomic E-state index is 0.118. The van der Waals surface area contributed by atoms with Gasteiger partial charge in [0, 0.05) is 14.2 Å². The number of hydrogen-bond acceptors (Lipinski definition) is 3. The Morgan fingerprint density at radius 3 is 2.27 bits per heavy atom. The van der Waals surface area contributed by atoms with Crippen molar-refractivity contribution in [1.82, 2.24) is 0 Å². The Labute approximate surface area is 92.4 Å². The van der Waals surface area contributed by atoms with Crippen LogP contribution < -0.4 is 0 Å². The van der Waals surface area contributed by atoms with Crippen LogP contribution in [0.15, 0.2) is 23.3 Å². The maximum Gasteiger partial charge on any atom is 0.178 e. The van der Waals surface area contributed by atoms with Gasteiger partial charge in [-0.2, -0.15) is 0 Å². The predicted molar refractivity (Wildman–Crippen MR) is 61.6 cm³/mol. The largest absolute Gasteiger partial charge is 0.392 e. The van der Waals surface area contributed by atoms with Crippen LogP contribution in [0.1, 0.15) is 26.7 Å². The van der Waals surface area contributed by atoms with Gasteiger partial charge in [0.1, 0.15) is 0 Å². The normalized spacial score (nSPS) is 13.7. The van der Waals surface area contributed by atoms with Gasteiger partial charge in [-0.1, -0.05) is 17.7 Å². The zero-order valence-electron chi connectivity index (χ0n) is 10.1. The maximum absolute atomic E-state index is 8.68. The molecule has 15 heavy (non-hydrogen) atoms. The number of aliphatic hydroxyl groups excluding tert-OH is 1. The summed E-state index contributed by atoms with van der Waals surface area (Å²) in [7, 11) is 3.25. The zero-order valence-corrected chi connectivity index (χ0v) is 10.1. The molecule has 0 bridgehead atoms. The highest BCUT2D eigenvalue weighted by Crippen LogP contribution is 2.10. The van der Waals surface area contributed by atoms with Crippen LogP contribution in [-0.4, -0.2) is 32.2 Å². The van der Waals surface area contributed by atoms with Crippen molar-refractivity contribution in [2.75, 3.05) is 20.8 Å². The molecule has 0 radical (unpaired) electrons. The van der Waals surface area contributed by atoms with Gasteiger partial charge in [-0.25, -0.2) is 0 Å². The molecule has 0 saturated heterocycles. The zero-order chi connectivity index (χ0) is 11.7. The van der Waals surface area contributed by atoms with Gasteiger partial charge in [-0.15, -0.1) is 0 Å². The van der Waals surface area contributed by atoms with E-state index < -0.39 is 0 Å². The fourth-order valence-electron chi connectivity index (χ4n) is 1.35. The SMILES string of the molecule is COC(OC)/C(C)=C/CC/C(C)=C/CO. The Bertz CT molecular complexity index is 215. The highest BCUT2D eigenvalue weighted by molar-refractivity contribution is 5.05. The van der Waals surface area contributed by atoms with Crippen LogP contribution in [0.5, 0.6) is 0 Å². The van der Waals surface area contributed by atoms with Gasteiger partial charge >= 0.3 is 0 Å². The van der Waals surface area contributed by atoms with Crippen molar-refractivity contribution in [3.63, 3.8) is 0 Å². The van der Waals surface area contributed by atoms with E-state index in [1.807, 2.05) is 19.9 Å². The average molecular weight is 214 g/mol. The average Bonchev–Trinajstić information content (AvgIpc) is 2.20. The molecule has 0 heterocycles. The summed E-state index contributed by atoms with van der Waals surface area (Å²) in [6, 6.07) is 0. The van der Waals surface area contributed by atoms with Crippen molar-refractivity contribution in [1.29, 1.82) is 0 Å². The lowest BCUT2D eigenvalue weighted by molar-refractivity contribution is -0.0748. The van der Waals surface area contributed by atoms with Crippen molar-refractivity contribution < 1.29 is 14.6 Å². The lowest BCUT2D eigenvalue weighted by atomic mass is 10.1. The molecule has 0 saturated carbocycles. The van der Waals surface area contributed by atoms with E-state index in [4.69, 9.17) is 14.6 Å². The summed E-state index contributed by atoms with van der Waals surface area (Å²) in [5.41, 5.74) is 2.28. The first-order chi connectivity index (χ1) is 7.15. The van der Waals surface area contributed by atoms with E-state index in [-0.39, 0.29) is 12.9 Å². The molecular formula is C12H22O3. The molecule has 1 N–H and O–H groups in total. The van der Waals surface area contributed by atoms with Crippen LogP contribution >= 0.6 is 0 Å². The predicted octanol–water partition coefficient (Wildman–Crippen LogP) is 2.27. The topological polar surface area (TPSA) is 38.7 Å². The molecule has 3 nitrogen and oxygen atoms in total. The second-order valence-electron chi connectivity index (χ2n) is 3.52. The first-order valence-corrected chi connectivity index (χ1v) is 5.14. The van der Waals surface area contributed by atoms with Crippen LogP contribution in [0, 0.1) is 0 Å². The van der Waals surface area contributed by atoms with E-state index in [9.17, 15) is 0 Å². The van der Waals surface area contributed by atoms with E-state index in [1.54, 1.807) is 14.2 Å². The van der Waals surface area contributed by atoms with Gasteiger partial charge in [-0.05, 0) is 32.3 Å². The summed E-state index contributed by atoms with van der Waals surface area (Å²) in [4.78, 5) is 0. The number of methoxy groups -OCH3 is 2. The molecule has 0 aromatic rings. The quantitative estimate of drug-likeness (QED) is 0.522. The van der Waals surface area contributed by atoms with Crippen molar-refractivity contribution in [3.8, 4) is 0 Å². The van der Waals surface area contributed by atoms with E-state index in [0.717, 1.165) is 18.4 Å². The van der Waals surface area contributed by atoms with Crippen molar-refractivity contribution in [2.45, 2.75) is 33.0 Å². The fourth-order valence-corrected chi connectivity index (χ4v) is 1.35. The molecule has 3 heteroatoms. The van der Waals surface area contributed by atoms with Crippen LogP contribution in [0.4, 0.5) is 0 Å². The summed E-state index contributed by atoms with van der Waals surface area (Å²) >= 11 is 0. The van der Waals surface area contributed by atoms with Crippen LogP contribution in [-0.2, 0) is 9.47 Å². The minimum Gasteiger partial charge on any atom is -0.392 e. The fraction of sp³-hybridized carbons (Fsp3) is 0.667. The number of hydrogen-bond donors (Lipinski definition) is 1. The molecule has 0 amide bonds. The van der Waals surface area contributed by atoms with Gasteiger partial charge in [-0.3, -0.25) is 0 Å². The molecule has 88 valence electrons. The highest BCUT2D eigenvalue weighted by atomic mass is 16.7. The molecule has 0 unspecified atom stereocenters. The van der Waals surface area contributed by atoms with Gasteiger partial charge in [0.2, 0.25) is 0 Å². The Morgan fingerprint density at radius 1 is 1.20 bits per heavy atom. The molecule has 0 fully saturated rings. The second kappa shape index (κ2) is 8.65. The van der Waals surface area contributed by atoms with Crippen molar-refractivity contribution in [3.05, 3.63) is 23.3 Å². The van der Waals surface area contributed by atoms with Gasteiger partial charge in [0.15, 0.2) is 6.29 Å². The van der Waals surface area contributed by atoms with Gasteiger partial charge < -0.3 is 14.6 Å². The Kier molecular flexibility index (Phi) is 8.28. The van der Waals surface area contributed by atoms with E-state index >= 15 is 0 Å². The molecule has 0 aromatic heterocycles. The van der Waals surface area contributed by atoms with Gasteiger partial charge in [0.05, 0.1) is 6.61 Å². The van der Waals surface area contributed by atoms with E-state index in [2.05, 4.69) is 6.08 Å². The van der Waals surface area contributed by atoms with Crippen LogP contribution in [0.25, 0.3) is 0 Å². The molecule has 0 rings (SSSR count). The first-order valence-electron chi connectivity index (χ1n) is 5.14. The smallest absolute Gasteiger partial charge is 0.178 e. The van der Waals surface area contributed by atoms with Gasteiger partial charge in [0.25, 0.3) is 0 Å². The van der Waals surface area contributed by atoms with Crippen molar-refractivity contribution in [2.24, 2.45) is 0 Å². The van der Waals surface area contributed by atoms with Crippen LogP contribution in [0.3, 0.4) is 0 Å². The van der Waals surface area contributed by atoms with E-state index in [1.165, 1.54) is 5.57 Å². The third-order valence-electron chi connectivity index (χ3n) is 2.24. The highest BCUT2D eigenvalue weighted by Gasteiger charge is 2.05. The number of aliphatic hydroxyl groups is 1. The lowest BCUT2D eigenvalue weighted by Crippen LogP contribution is -2.14. The molecule has 0 aliphatic heterocycles. The summed E-state index contributed by atoms with van der Waals surface area (Å²) < 4.78 is 10.2. The molecule has 0 aromatic carbocycles. The second-order valence-corrected chi connectivity index (χ2v) is 3.52. The Balaban J connectivity index is 4.00. The number of ether oxygens (including phenoxy) is 2. The third kappa shape index (κ3) is 6.44. The Hall–Kier alpha value is -0.640. The van der Waals surface area contributed by atoms with E-state index in [0.29, 0.717) is 0 Å². The number of allylic oxidation sites excluding steroid dienone is 2. The standard InChI is InChI=1S/C12H22O3/c1-10(8-9-13)6-5-7-11(2)12(14-3)15-4/h7-8,12-13H,5-6,9H2,1-4H3/b10-8+,11-7+. The summed E-state index contributed by atoms with van der Waals surface area (Å²) in [5, 5.41) is 8.68. The van der Waals surface area contributed by atoms with Crippen LogP contribution in [0.2, 0.25) is 0 Å². The summed E-state index contributed by atoms with van der Waals surface area (Å²) in [5.74, 6) is 0.